The summed E-state index contributed by atoms with van der Waals surface area (Å²) < 4.78 is 30.1. The van der Waals surface area contributed by atoms with Crippen LogP contribution in [0, 0.1) is 12.8 Å². The van der Waals surface area contributed by atoms with E-state index in [-0.39, 0.29) is 11.8 Å². The number of benzene rings is 1. The molecule has 0 aliphatic carbocycles. The van der Waals surface area contributed by atoms with Gasteiger partial charge in [-0.05, 0) is 42.8 Å². The molecule has 1 aliphatic heterocycles. The smallest absolute Gasteiger partial charge is 0.252 e. The number of thiazole rings is 1. The van der Waals surface area contributed by atoms with E-state index in [1.165, 1.54) is 27.0 Å². The van der Waals surface area contributed by atoms with Gasteiger partial charge in [-0.2, -0.15) is 9.30 Å². The fraction of sp³-hybridized carbons (Fsp3) is 0.368. The van der Waals surface area contributed by atoms with Crippen molar-refractivity contribution in [2.75, 3.05) is 13.1 Å². The van der Waals surface area contributed by atoms with Crippen LogP contribution in [0.15, 0.2) is 44.9 Å². The average Bonchev–Trinajstić information content (AvgIpc) is 3.32. The van der Waals surface area contributed by atoms with Crippen molar-refractivity contribution in [1.29, 1.82) is 0 Å². The summed E-state index contributed by atoms with van der Waals surface area (Å²) in [5, 5.41) is 1.76. The Hall–Kier alpha value is -1.81. The van der Waals surface area contributed by atoms with Gasteiger partial charge in [0.2, 0.25) is 0 Å². The molecule has 0 spiro atoms. The van der Waals surface area contributed by atoms with Crippen LogP contribution in [-0.2, 0) is 21.9 Å². The van der Waals surface area contributed by atoms with Gasteiger partial charge in [0.1, 0.15) is 4.21 Å². The maximum absolute atomic E-state index is 12.7. The van der Waals surface area contributed by atoms with E-state index in [0.29, 0.717) is 34.9 Å². The quantitative estimate of drug-likeness (QED) is 0.635. The van der Waals surface area contributed by atoms with Crippen LogP contribution in [-0.4, -0.2) is 36.3 Å². The topological polar surface area (TPSA) is 71.7 Å². The van der Waals surface area contributed by atoms with Gasteiger partial charge in [-0.25, -0.2) is 8.42 Å². The van der Waals surface area contributed by atoms with Crippen molar-refractivity contribution in [2.45, 2.75) is 24.0 Å². The molecule has 3 aromatic rings. The molecule has 1 aromatic carbocycles. The minimum absolute atomic E-state index is 0.159. The zero-order valence-corrected chi connectivity index (χ0v) is 18.1. The lowest BCUT2D eigenvalue weighted by molar-refractivity contribution is -0.122. The molecule has 1 fully saturated rings. The fourth-order valence-electron chi connectivity index (χ4n) is 3.57. The first-order chi connectivity index (χ1) is 13.4. The Labute approximate surface area is 171 Å². The number of carbonyl (C=O) groups is 1. The summed E-state index contributed by atoms with van der Waals surface area (Å²) >= 11 is 2.72. The van der Waals surface area contributed by atoms with Crippen molar-refractivity contribution in [3.05, 3.63) is 46.1 Å². The molecule has 6 nitrogen and oxygen atoms in total. The lowest BCUT2D eigenvalue weighted by Crippen LogP contribution is -2.40. The Bertz CT molecular complexity index is 1180. The number of hydrogen-bond donors (Lipinski definition) is 0. The van der Waals surface area contributed by atoms with Gasteiger partial charge in [0.25, 0.3) is 15.9 Å². The van der Waals surface area contributed by atoms with Crippen molar-refractivity contribution >= 4 is 48.8 Å². The zero-order valence-electron chi connectivity index (χ0n) is 15.7. The largest absolute Gasteiger partial charge is 0.319 e. The van der Waals surface area contributed by atoms with Crippen LogP contribution >= 0.6 is 22.7 Å². The maximum Gasteiger partial charge on any atom is 0.252 e. The monoisotopic (exact) mass is 435 g/mol. The molecule has 0 saturated carbocycles. The second kappa shape index (κ2) is 7.55. The number of rotatable bonds is 3. The average molecular weight is 436 g/mol. The molecular formula is C19H21N3O3S3. The third kappa shape index (κ3) is 3.47. The second-order valence-electron chi connectivity index (χ2n) is 6.93. The number of aromatic nitrogens is 1. The third-order valence-electron chi connectivity index (χ3n) is 5.12. The number of hydrogen-bond acceptors (Lipinski definition) is 5. The van der Waals surface area contributed by atoms with E-state index >= 15 is 0 Å². The van der Waals surface area contributed by atoms with Crippen LogP contribution < -0.4 is 4.80 Å². The van der Waals surface area contributed by atoms with E-state index in [1.54, 1.807) is 17.5 Å². The van der Waals surface area contributed by atoms with Gasteiger partial charge in [0.15, 0.2) is 4.80 Å². The zero-order chi connectivity index (χ0) is 19.9. The molecular weight excluding hydrogens is 414 g/mol. The molecule has 28 heavy (non-hydrogen) atoms. The Morgan fingerprint density at radius 2 is 1.93 bits per heavy atom. The van der Waals surface area contributed by atoms with E-state index in [1.807, 2.05) is 36.7 Å². The SMILES string of the molecule is Cc1cccc2sc(=NC(=O)C3CCN(S(=O)(=O)c4cccs4)CC3)n(C)c12. The van der Waals surface area contributed by atoms with Crippen molar-refractivity contribution in [3.63, 3.8) is 0 Å². The van der Waals surface area contributed by atoms with Crippen LogP contribution in [0.4, 0.5) is 0 Å². The van der Waals surface area contributed by atoms with Crippen molar-refractivity contribution in [2.24, 2.45) is 18.0 Å². The molecule has 3 heterocycles. The first-order valence-corrected chi connectivity index (χ1v) is 12.2. The van der Waals surface area contributed by atoms with Gasteiger partial charge in [-0.15, -0.1) is 11.3 Å². The minimum atomic E-state index is -3.45. The molecule has 4 rings (SSSR count). The van der Waals surface area contributed by atoms with Gasteiger partial charge >= 0.3 is 0 Å². The van der Waals surface area contributed by atoms with Crippen LogP contribution in [0.3, 0.4) is 0 Å². The van der Waals surface area contributed by atoms with Crippen molar-refractivity contribution < 1.29 is 13.2 Å². The van der Waals surface area contributed by atoms with Crippen molar-refractivity contribution in [3.8, 4) is 0 Å². The van der Waals surface area contributed by atoms with E-state index in [2.05, 4.69) is 4.99 Å². The minimum Gasteiger partial charge on any atom is -0.319 e. The second-order valence-corrected chi connectivity index (χ2v) is 11.0. The predicted octanol–water partition coefficient (Wildman–Crippen LogP) is 3.14. The number of thiophene rings is 1. The van der Waals surface area contributed by atoms with Gasteiger partial charge in [-0.3, -0.25) is 4.79 Å². The van der Waals surface area contributed by atoms with Crippen LogP contribution in [0.2, 0.25) is 0 Å². The summed E-state index contributed by atoms with van der Waals surface area (Å²) in [6.07, 6.45) is 1.00. The highest BCUT2D eigenvalue weighted by atomic mass is 32.2. The standard InChI is InChI=1S/C19H21N3O3S3/c1-13-5-3-6-15-17(13)21(2)19(27-15)20-18(23)14-8-10-22(11-9-14)28(24,25)16-7-4-12-26-16/h3-7,12,14H,8-11H2,1-2H3. The lowest BCUT2D eigenvalue weighted by Gasteiger charge is -2.29. The molecule has 0 unspecified atom stereocenters. The van der Waals surface area contributed by atoms with Gasteiger partial charge in [-0.1, -0.05) is 29.5 Å². The summed E-state index contributed by atoms with van der Waals surface area (Å²) in [7, 11) is -1.52. The molecule has 1 saturated heterocycles. The Morgan fingerprint density at radius 3 is 2.57 bits per heavy atom. The van der Waals surface area contributed by atoms with Crippen LogP contribution in [0.1, 0.15) is 18.4 Å². The summed E-state index contributed by atoms with van der Waals surface area (Å²) in [5.74, 6) is -0.394. The highest BCUT2D eigenvalue weighted by Gasteiger charge is 2.32. The number of sulfonamides is 1. The summed E-state index contributed by atoms with van der Waals surface area (Å²) in [5.41, 5.74) is 2.24. The molecule has 2 aromatic heterocycles. The number of nitrogens with zero attached hydrogens (tertiary/aromatic N) is 3. The number of carbonyl (C=O) groups excluding carboxylic acids is 1. The first-order valence-electron chi connectivity index (χ1n) is 9.05. The number of aryl methyl sites for hydroxylation is 2. The Morgan fingerprint density at radius 1 is 1.18 bits per heavy atom. The maximum atomic E-state index is 12.7. The number of amides is 1. The first kappa shape index (κ1) is 19.5. The summed E-state index contributed by atoms with van der Waals surface area (Å²) in [6.45, 7) is 2.75. The number of fused-ring (bicyclic) bond motifs is 1. The Kier molecular flexibility index (Phi) is 5.26. The Balaban J connectivity index is 1.52. The van der Waals surface area contributed by atoms with Crippen LogP contribution in [0.25, 0.3) is 10.2 Å². The molecule has 0 radical (unpaired) electrons. The lowest BCUT2D eigenvalue weighted by atomic mass is 9.98. The van der Waals surface area contributed by atoms with Gasteiger partial charge in [0.05, 0.1) is 10.2 Å². The van der Waals surface area contributed by atoms with Gasteiger partial charge < -0.3 is 4.57 Å². The normalized spacial score (nSPS) is 17.4. The molecule has 0 N–H and O–H groups in total. The molecule has 1 aliphatic rings. The predicted molar refractivity (Wildman–Crippen MR) is 112 cm³/mol. The van der Waals surface area contributed by atoms with E-state index < -0.39 is 10.0 Å². The highest BCUT2D eigenvalue weighted by Crippen LogP contribution is 2.27. The molecule has 148 valence electrons. The third-order valence-corrected chi connectivity index (χ3v) is 9.49. The van der Waals surface area contributed by atoms with Crippen LogP contribution in [0.5, 0.6) is 0 Å². The molecule has 0 atom stereocenters. The highest BCUT2D eigenvalue weighted by molar-refractivity contribution is 7.91. The summed E-state index contributed by atoms with van der Waals surface area (Å²) in [4.78, 5) is 17.8. The number of piperidine rings is 1. The fourth-order valence-corrected chi connectivity index (χ4v) is 7.29. The van der Waals surface area contributed by atoms with E-state index in [4.69, 9.17) is 0 Å². The van der Waals surface area contributed by atoms with Gasteiger partial charge in [0, 0.05) is 26.1 Å². The van der Waals surface area contributed by atoms with E-state index in [9.17, 15) is 13.2 Å². The molecule has 0 bridgehead atoms. The molecule has 9 heteroatoms. The number of para-hydroxylation sites is 1. The summed E-state index contributed by atoms with van der Waals surface area (Å²) in [6, 6.07) is 9.44. The van der Waals surface area contributed by atoms with Crippen molar-refractivity contribution in [1.82, 2.24) is 8.87 Å². The van der Waals surface area contributed by atoms with E-state index in [0.717, 1.165) is 15.8 Å². The molecule has 1 amide bonds.